The van der Waals surface area contributed by atoms with Gasteiger partial charge in [-0.2, -0.15) is 0 Å². The summed E-state index contributed by atoms with van der Waals surface area (Å²) in [6.07, 6.45) is 7.03. The molecule has 2 heterocycles. The second-order valence-corrected chi connectivity index (χ2v) is 5.55. The lowest BCUT2D eigenvalue weighted by Crippen LogP contribution is -2.21. The van der Waals surface area contributed by atoms with E-state index < -0.39 is 0 Å². The van der Waals surface area contributed by atoms with Crippen molar-refractivity contribution in [2.75, 3.05) is 5.32 Å². The zero-order chi connectivity index (χ0) is 14.6. The summed E-state index contributed by atoms with van der Waals surface area (Å²) in [4.78, 5) is 23.6. The Bertz CT molecular complexity index is 875. The summed E-state index contributed by atoms with van der Waals surface area (Å²) in [6, 6.07) is 5.97. The molecule has 4 nitrogen and oxygen atoms in total. The molecular formula is C17H14N2O2. The topological polar surface area (TPSA) is 51.1 Å². The Labute approximate surface area is 121 Å². The van der Waals surface area contributed by atoms with E-state index in [9.17, 15) is 9.59 Å². The second-order valence-electron chi connectivity index (χ2n) is 5.55. The molecule has 1 aliphatic carbocycles. The van der Waals surface area contributed by atoms with Gasteiger partial charge in [0.05, 0.1) is 6.42 Å². The van der Waals surface area contributed by atoms with E-state index in [4.69, 9.17) is 0 Å². The van der Waals surface area contributed by atoms with Gasteiger partial charge in [-0.25, -0.2) is 0 Å². The molecule has 0 saturated carbocycles. The van der Waals surface area contributed by atoms with Crippen molar-refractivity contribution in [2.45, 2.75) is 12.8 Å². The van der Waals surface area contributed by atoms with Crippen molar-refractivity contribution in [1.29, 1.82) is 0 Å². The molecule has 2 aromatic rings. The number of aryl methyl sites for hydroxylation is 1. The van der Waals surface area contributed by atoms with Gasteiger partial charge in [0.15, 0.2) is 0 Å². The number of anilines is 1. The Morgan fingerprint density at radius 1 is 1.24 bits per heavy atom. The van der Waals surface area contributed by atoms with E-state index in [1.807, 2.05) is 36.5 Å². The number of hydrogen-bond donors (Lipinski definition) is 1. The van der Waals surface area contributed by atoms with Gasteiger partial charge < -0.3 is 9.88 Å². The molecule has 0 saturated heterocycles. The molecule has 1 N–H and O–H groups in total. The number of amides is 1. The van der Waals surface area contributed by atoms with Gasteiger partial charge >= 0.3 is 0 Å². The first-order chi connectivity index (χ1) is 10.1. The highest BCUT2D eigenvalue weighted by atomic mass is 16.1. The zero-order valence-corrected chi connectivity index (χ0v) is 11.6. The minimum absolute atomic E-state index is 0.0349. The SMILES string of the molecule is Cn1cc(-c2ccc3c(c2)CC(=O)N3)c2c(c1=O)CC=C2. The molecule has 0 spiro atoms. The maximum Gasteiger partial charge on any atom is 0.254 e. The highest BCUT2D eigenvalue weighted by Gasteiger charge is 2.20. The summed E-state index contributed by atoms with van der Waals surface area (Å²) >= 11 is 0. The molecular weight excluding hydrogens is 264 g/mol. The largest absolute Gasteiger partial charge is 0.326 e. The van der Waals surface area contributed by atoms with Crippen LogP contribution in [-0.2, 0) is 24.7 Å². The number of allylic oxidation sites excluding steroid dienone is 1. The van der Waals surface area contributed by atoms with Crippen LogP contribution in [0.4, 0.5) is 5.69 Å². The Morgan fingerprint density at radius 3 is 2.95 bits per heavy atom. The predicted octanol–water partition coefficient (Wildman–Crippen LogP) is 2.12. The fourth-order valence-corrected chi connectivity index (χ4v) is 3.12. The number of hydrogen-bond acceptors (Lipinski definition) is 2. The van der Waals surface area contributed by atoms with Crippen molar-refractivity contribution >= 4 is 17.7 Å². The van der Waals surface area contributed by atoms with E-state index in [0.29, 0.717) is 12.8 Å². The van der Waals surface area contributed by atoms with Gasteiger partial charge in [-0.15, -0.1) is 0 Å². The molecule has 0 bridgehead atoms. The van der Waals surface area contributed by atoms with E-state index in [1.165, 1.54) is 0 Å². The quantitative estimate of drug-likeness (QED) is 0.868. The third-order valence-electron chi connectivity index (χ3n) is 4.16. The summed E-state index contributed by atoms with van der Waals surface area (Å²) < 4.78 is 1.64. The maximum absolute atomic E-state index is 12.1. The molecule has 4 heteroatoms. The average molecular weight is 278 g/mol. The lowest BCUT2D eigenvalue weighted by molar-refractivity contribution is -0.115. The molecule has 1 amide bonds. The Morgan fingerprint density at radius 2 is 2.10 bits per heavy atom. The van der Waals surface area contributed by atoms with Crippen molar-refractivity contribution in [3.8, 4) is 11.1 Å². The van der Waals surface area contributed by atoms with Crippen molar-refractivity contribution in [3.63, 3.8) is 0 Å². The summed E-state index contributed by atoms with van der Waals surface area (Å²) in [5.41, 5.74) is 5.92. The molecule has 4 rings (SSSR count). The molecule has 2 aliphatic rings. The normalized spacial score (nSPS) is 15.0. The van der Waals surface area contributed by atoms with E-state index in [2.05, 4.69) is 5.32 Å². The molecule has 21 heavy (non-hydrogen) atoms. The number of carbonyl (C=O) groups is 1. The predicted molar refractivity (Wildman–Crippen MR) is 82.2 cm³/mol. The number of rotatable bonds is 1. The first-order valence-electron chi connectivity index (χ1n) is 6.95. The van der Waals surface area contributed by atoms with Crippen LogP contribution in [0.25, 0.3) is 17.2 Å². The van der Waals surface area contributed by atoms with E-state index >= 15 is 0 Å². The van der Waals surface area contributed by atoms with Gasteiger partial charge in [-0.05, 0) is 35.2 Å². The van der Waals surface area contributed by atoms with Gasteiger partial charge in [0, 0.05) is 30.1 Å². The van der Waals surface area contributed by atoms with Gasteiger partial charge in [-0.1, -0.05) is 18.2 Å². The monoisotopic (exact) mass is 278 g/mol. The first kappa shape index (κ1) is 12.1. The van der Waals surface area contributed by atoms with Crippen LogP contribution in [-0.4, -0.2) is 10.5 Å². The van der Waals surface area contributed by atoms with Crippen LogP contribution < -0.4 is 10.9 Å². The Hall–Kier alpha value is -2.62. The summed E-state index contributed by atoms with van der Waals surface area (Å²) in [5.74, 6) is 0.0349. The summed E-state index contributed by atoms with van der Waals surface area (Å²) in [7, 11) is 1.78. The molecule has 1 aromatic heterocycles. The van der Waals surface area contributed by atoms with Gasteiger partial charge in [0.1, 0.15) is 0 Å². The van der Waals surface area contributed by atoms with Crippen LogP contribution >= 0.6 is 0 Å². The van der Waals surface area contributed by atoms with E-state index in [1.54, 1.807) is 11.6 Å². The lowest BCUT2D eigenvalue weighted by Gasteiger charge is -2.11. The van der Waals surface area contributed by atoms with Crippen LogP contribution in [0.15, 0.2) is 35.3 Å². The third-order valence-corrected chi connectivity index (χ3v) is 4.16. The highest BCUT2D eigenvalue weighted by molar-refractivity contribution is 5.99. The van der Waals surface area contributed by atoms with Crippen molar-refractivity contribution in [1.82, 2.24) is 4.57 Å². The van der Waals surface area contributed by atoms with Gasteiger partial charge in [0.25, 0.3) is 5.56 Å². The van der Waals surface area contributed by atoms with Crippen LogP contribution in [0.1, 0.15) is 16.7 Å². The lowest BCUT2D eigenvalue weighted by atomic mass is 9.97. The van der Waals surface area contributed by atoms with Gasteiger partial charge in [-0.3, -0.25) is 9.59 Å². The Kier molecular flexibility index (Phi) is 2.42. The number of benzene rings is 1. The molecule has 0 atom stereocenters. The molecule has 1 aliphatic heterocycles. The molecule has 104 valence electrons. The van der Waals surface area contributed by atoms with Crippen molar-refractivity contribution in [3.05, 3.63) is 57.5 Å². The second kappa shape index (κ2) is 4.19. The third kappa shape index (κ3) is 1.76. The average Bonchev–Trinajstić information content (AvgIpc) is 3.07. The first-order valence-corrected chi connectivity index (χ1v) is 6.95. The smallest absolute Gasteiger partial charge is 0.254 e. The number of nitrogens with one attached hydrogen (secondary N) is 1. The number of aromatic nitrogens is 1. The van der Waals surface area contributed by atoms with Crippen molar-refractivity contribution in [2.24, 2.45) is 7.05 Å². The van der Waals surface area contributed by atoms with Crippen LogP contribution in [0.5, 0.6) is 0 Å². The fourth-order valence-electron chi connectivity index (χ4n) is 3.12. The van der Waals surface area contributed by atoms with Crippen LogP contribution in [0, 0.1) is 0 Å². The molecule has 0 unspecified atom stereocenters. The zero-order valence-electron chi connectivity index (χ0n) is 11.6. The standard InChI is InChI=1S/C17H14N2O2/c1-19-9-14(12-3-2-4-13(12)17(19)21)10-5-6-15-11(7-10)8-16(20)18-15/h2-3,5-7,9H,4,8H2,1H3,(H,18,20). The molecule has 0 radical (unpaired) electrons. The number of nitrogens with zero attached hydrogens (tertiary/aromatic N) is 1. The number of carbonyl (C=O) groups excluding carboxylic acids is 1. The minimum atomic E-state index is 0.0349. The molecule has 1 aromatic carbocycles. The summed E-state index contributed by atoms with van der Waals surface area (Å²) in [6.45, 7) is 0. The van der Waals surface area contributed by atoms with Crippen LogP contribution in [0.3, 0.4) is 0 Å². The minimum Gasteiger partial charge on any atom is -0.326 e. The fraction of sp³-hybridized carbons (Fsp3) is 0.176. The summed E-state index contributed by atoms with van der Waals surface area (Å²) in [5, 5.41) is 2.84. The Balaban J connectivity index is 1.93. The van der Waals surface area contributed by atoms with Gasteiger partial charge in [0.2, 0.25) is 5.91 Å². The highest BCUT2D eigenvalue weighted by Crippen LogP contribution is 2.33. The van der Waals surface area contributed by atoms with E-state index in [0.717, 1.165) is 33.5 Å². The van der Waals surface area contributed by atoms with Crippen molar-refractivity contribution < 1.29 is 4.79 Å². The number of fused-ring (bicyclic) bond motifs is 2. The van der Waals surface area contributed by atoms with Crippen LogP contribution in [0.2, 0.25) is 0 Å². The number of pyridine rings is 1. The maximum atomic E-state index is 12.1. The van der Waals surface area contributed by atoms with E-state index in [-0.39, 0.29) is 11.5 Å². The molecule has 0 fully saturated rings.